The number of alkyl halides is 3. The highest BCUT2D eigenvalue weighted by Crippen LogP contribution is 2.34. The van der Waals surface area contributed by atoms with Crippen molar-refractivity contribution in [2.75, 3.05) is 5.32 Å². The number of nitrogens with one attached hydrogen (secondary N) is 1. The van der Waals surface area contributed by atoms with Gasteiger partial charge in [0.2, 0.25) is 0 Å². The molecule has 128 valence electrons. The lowest BCUT2D eigenvalue weighted by Gasteiger charge is -2.25. The molecule has 1 N–H and O–H groups in total. The monoisotopic (exact) mass is 341 g/mol. The van der Waals surface area contributed by atoms with E-state index in [1.165, 1.54) is 6.07 Å². The average Bonchev–Trinajstić information content (AvgIpc) is 2.94. The van der Waals surface area contributed by atoms with E-state index in [1.807, 2.05) is 0 Å². The van der Waals surface area contributed by atoms with Crippen LogP contribution in [0, 0.1) is 16.0 Å². The summed E-state index contributed by atoms with van der Waals surface area (Å²) < 4.78 is 40.0. The summed E-state index contributed by atoms with van der Waals surface area (Å²) >= 11 is 0. The Labute approximate surface area is 134 Å². The van der Waals surface area contributed by atoms with Crippen molar-refractivity contribution >= 4 is 11.4 Å². The molecule has 24 heavy (non-hydrogen) atoms. The van der Waals surface area contributed by atoms with E-state index in [2.05, 4.69) is 15.5 Å². The number of aromatic nitrogens is 3. The standard InChI is InChI=1S/C14H14F3N5O2/c15-14(16,17)9-5-6-21-12(7-9)19-20-13(21)8-18-10-3-1-2-4-11(10)22(23)24/h1-4,9,18H,5-8H2. The highest BCUT2D eigenvalue weighted by atomic mass is 19.4. The first-order valence-corrected chi connectivity index (χ1v) is 7.31. The van der Waals surface area contributed by atoms with E-state index in [1.54, 1.807) is 22.8 Å². The van der Waals surface area contributed by atoms with Crippen molar-refractivity contribution in [3.8, 4) is 0 Å². The number of benzene rings is 1. The summed E-state index contributed by atoms with van der Waals surface area (Å²) in [6.45, 7) is 0.328. The Bertz CT molecular complexity index is 759. The predicted octanol–water partition coefficient (Wildman–Crippen LogP) is 2.92. The molecule has 0 saturated carbocycles. The van der Waals surface area contributed by atoms with Crippen molar-refractivity contribution in [2.45, 2.75) is 32.1 Å². The van der Waals surface area contributed by atoms with Crippen LogP contribution in [-0.2, 0) is 19.5 Å². The lowest BCUT2D eigenvalue weighted by Crippen LogP contribution is -2.31. The van der Waals surface area contributed by atoms with Gasteiger partial charge in [0.05, 0.1) is 17.4 Å². The van der Waals surface area contributed by atoms with Gasteiger partial charge in [-0.15, -0.1) is 10.2 Å². The highest BCUT2D eigenvalue weighted by molar-refractivity contribution is 5.60. The second-order valence-electron chi connectivity index (χ2n) is 5.54. The van der Waals surface area contributed by atoms with Crippen molar-refractivity contribution in [3.05, 3.63) is 46.0 Å². The minimum absolute atomic E-state index is 0.0208. The van der Waals surface area contributed by atoms with Crippen LogP contribution in [0.3, 0.4) is 0 Å². The quantitative estimate of drug-likeness (QED) is 0.683. The van der Waals surface area contributed by atoms with E-state index in [0.717, 1.165) is 0 Å². The normalized spacial score (nSPS) is 17.4. The first kappa shape index (κ1) is 16.2. The SMILES string of the molecule is O=[N+]([O-])c1ccccc1NCc1nnc2n1CCC(C(F)(F)F)C2. The molecule has 1 aliphatic heterocycles. The predicted molar refractivity (Wildman–Crippen MR) is 78.3 cm³/mol. The van der Waals surface area contributed by atoms with Crippen LogP contribution >= 0.6 is 0 Å². The number of rotatable bonds is 4. The molecule has 2 aromatic rings. The summed E-state index contributed by atoms with van der Waals surface area (Å²) in [5.41, 5.74) is 0.247. The Kier molecular flexibility index (Phi) is 4.12. The molecule has 3 rings (SSSR count). The second-order valence-corrected chi connectivity index (χ2v) is 5.54. The van der Waals surface area contributed by atoms with Gasteiger partial charge in [-0.25, -0.2) is 0 Å². The van der Waals surface area contributed by atoms with E-state index in [-0.39, 0.29) is 31.6 Å². The van der Waals surface area contributed by atoms with Crippen LogP contribution in [0.15, 0.2) is 24.3 Å². The minimum Gasteiger partial charge on any atom is -0.372 e. The third-order valence-corrected chi connectivity index (χ3v) is 4.03. The van der Waals surface area contributed by atoms with Crippen LogP contribution in [0.2, 0.25) is 0 Å². The van der Waals surface area contributed by atoms with Crippen LogP contribution in [0.1, 0.15) is 18.1 Å². The van der Waals surface area contributed by atoms with Crippen LogP contribution in [0.25, 0.3) is 0 Å². The van der Waals surface area contributed by atoms with E-state index in [0.29, 0.717) is 17.3 Å². The Morgan fingerprint density at radius 3 is 2.79 bits per heavy atom. The number of para-hydroxylation sites is 2. The number of nitro benzene ring substituents is 1. The van der Waals surface area contributed by atoms with E-state index < -0.39 is 17.0 Å². The van der Waals surface area contributed by atoms with Gasteiger partial charge in [-0.1, -0.05) is 12.1 Å². The van der Waals surface area contributed by atoms with Gasteiger partial charge in [-0.05, 0) is 12.5 Å². The average molecular weight is 341 g/mol. The van der Waals surface area contributed by atoms with Gasteiger partial charge in [0.15, 0.2) is 5.82 Å². The summed E-state index contributed by atoms with van der Waals surface area (Å²) in [4.78, 5) is 10.5. The van der Waals surface area contributed by atoms with Gasteiger partial charge in [0.1, 0.15) is 11.5 Å². The first-order chi connectivity index (χ1) is 11.4. The molecule has 0 bridgehead atoms. The van der Waals surface area contributed by atoms with Crippen molar-refractivity contribution in [1.29, 1.82) is 0 Å². The molecule has 2 heterocycles. The van der Waals surface area contributed by atoms with Crippen LogP contribution < -0.4 is 5.32 Å². The Morgan fingerprint density at radius 2 is 2.08 bits per heavy atom. The molecule has 1 aromatic heterocycles. The zero-order chi connectivity index (χ0) is 17.3. The molecule has 0 saturated heterocycles. The molecule has 1 atom stereocenters. The first-order valence-electron chi connectivity index (χ1n) is 7.31. The summed E-state index contributed by atoms with van der Waals surface area (Å²) in [7, 11) is 0. The zero-order valence-corrected chi connectivity index (χ0v) is 12.5. The Morgan fingerprint density at radius 1 is 1.33 bits per heavy atom. The summed E-state index contributed by atoms with van der Waals surface area (Å²) in [5.74, 6) is -0.642. The number of hydrogen-bond acceptors (Lipinski definition) is 5. The summed E-state index contributed by atoms with van der Waals surface area (Å²) in [5, 5.41) is 21.6. The molecule has 1 aromatic carbocycles. The summed E-state index contributed by atoms with van der Waals surface area (Å²) in [6.07, 6.45) is -4.45. The fraction of sp³-hybridized carbons (Fsp3) is 0.429. The molecule has 0 spiro atoms. The topological polar surface area (TPSA) is 85.9 Å². The van der Waals surface area contributed by atoms with E-state index in [4.69, 9.17) is 0 Å². The van der Waals surface area contributed by atoms with E-state index in [9.17, 15) is 23.3 Å². The molecule has 10 heteroatoms. The van der Waals surface area contributed by atoms with Gasteiger partial charge < -0.3 is 9.88 Å². The molecule has 0 fully saturated rings. The Hall–Kier alpha value is -2.65. The molecule has 0 amide bonds. The van der Waals surface area contributed by atoms with Crippen LogP contribution in [0.4, 0.5) is 24.5 Å². The van der Waals surface area contributed by atoms with Crippen molar-refractivity contribution in [3.63, 3.8) is 0 Å². The number of halogens is 3. The Balaban J connectivity index is 1.73. The van der Waals surface area contributed by atoms with Crippen molar-refractivity contribution < 1.29 is 18.1 Å². The number of anilines is 1. The maximum atomic E-state index is 12.8. The van der Waals surface area contributed by atoms with E-state index >= 15 is 0 Å². The fourth-order valence-electron chi connectivity index (χ4n) is 2.76. The second kappa shape index (κ2) is 6.10. The van der Waals surface area contributed by atoms with Gasteiger partial charge in [-0.3, -0.25) is 10.1 Å². The molecule has 7 nitrogen and oxygen atoms in total. The highest BCUT2D eigenvalue weighted by Gasteiger charge is 2.42. The molecular formula is C14H14F3N5O2. The molecular weight excluding hydrogens is 327 g/mol. The lowest BCUT2D eigenvalue weighted by atomic mass is 9.97. The van der Waals surface area contributed by atoms with Gasteiger partial charge >= 0.3 is 6.18 Å². The number of fused-ring (bicyclic) bond motifs is 1. The number of nitrogens with zero attached hydrogens (tertiary/aromatic N) is 4. The van der Waals surface area contributed by atoms with Gasteiger partial charge in [0.25, 0.3) is 5.69 Å². The third-order valence-electron chi connectivity index (χ3n) is 4.03. The molecule has 0 aliphatic carbocycles. The van der Waals surface area contributed by atoms with Gasteiger partial charge in [0, 0.05) is 19.0 Å². The number of hydrogen-bond donors (Lipinski definition) is 1. The molecule has 0 radical (unpaired) electrons. The third kappa shape index (κ3) is 3.17. The van der Waals surface area contributed by atoms with Gasteiger partial charge in [-0.2, -0.15) is 13.2 Å². The largest absolute Gasteiger partial charge is 0.392 e. The maximum absolute atomic E-state index is 12.8. The van der Waals surface area contributed by atoms with Crippen LogP contribution in [0.5, 0.6) is 0 Å². The van der Waals surface area contributed by atoms with Crippen molar-refractivity contribution in [1.82, 2.24) is 14.8 Å². The fourth-order valence-corrected chi connectivity index (χ4v) is 2.76. The minimum atomic E-state index is -4.24. The zero-order valence-electron chi connectivity index (χ0n) is 12.5. The lowest BCUT2D eigenvalue weighted by molar-refractivity contribution is -0.384. The smallest absolute Gasteiger partial charge is 0.372 e. The molecule has 1 aliphatic rings. The maximum Gasteiger partial charge on any atom is 0.392 e. The summed E-state index contributed by atoms with van der Waals surface area (Å²) in [6, 6.07) is 6.14. The van der Waals surface area contributed by atoms with Crippen LogP contribution in [-0.4, -0.2) is 25.9 Å². The molecule has 1 unspecified atom stereocenters. The number of nitro groups is 1. The van der Waals surface area contributed by atoms with Crippen molar-refractivity contribution in [2.24, 2.45) is 5.92 Å².